The number of carbonyl (C=O) groups excluding carboxylic acids is 1. The molecule has 3 atom stereocenters. The minimum Gasteiger partial charge on any atom is -0.462 e. The van der Waals surface area contributed by atoms with Crippen molar-refractivity contribution in [2.24, 2.45) is 17.8 Å². The molecule has 0 aliphatic heterocycles. The lowest BCUT2D eigenvalue weighted by Gasteiger charge is -2.13. The van der Waals surface area contributed by atoms with E-state index in [0.717, 1.165) is 24.7 Å². The molecule has 2 heteroatoms. The molecule has 0 aromatic carbocycles. The van der Waals surface area contributed by atoms with Gasteiger partial charge in [-0.2, -0.15) is 0 Å². The number of ether oxygens (including phenoxy) is 1. The van der Waals surface area contributed by atoms with Crippen LogP contribution in [0.5, 0.6) is 0 Å². The van der Waals surface area contributed by atoms with Crippen LogP contribution in [-0.2, 0) is 9.53 Å². The maximum absolute atomic E-state index is 10.8. The molecule has 2 nitrogen and oxygen atoms in total. The van der Waals surface area contributed by atoms with Gasteiger partial charge in [-0.3, -0.25) is 0 Å². The Morgan fingerprint density at radius 3 is 2.35 bits per heavy atom. The highest BCUT2D eigenvalue weighted by Crippen LogP contribution is 2.38. The Balaban J connectivity index is 0.000000233. The van der Waals surface area contributed by atoms with Crippen LogP contribution in [0.2, 0.25) is 0 Å². The van der Waals surface area contributed by atoms with Crippen molar-refractivity contribution < 1.29 is 9.53 Å². The Morgan fingerprint density at radius 1 is 1.35 bits per heavy atom. The molecule has 2 aliphatic carbocycles. The molecule has 1 saturated carbocycles. The van der Waals surface area contributed by atoms with Crippen LogP contribution < -0.4 is 0 Å². The Hall–Kier alpha value is -1.05. The Labute approximate surface area is 124 Å². The van der Waals surface area contributed by atoms with Crippen LogP contribution in [0.3, 0.4) is 0 Å². The molecule has 0 radical (unpaired) electrons. The standard InChI is InChI=1S/C11H20O2.C7H10/c1-4-7-8-10(5-2)9-13-11(12)6-3;1-2-7-4-3-6(1)5-7/h6,10H,3-5,7-9H2,1-2H3;1-2,6-7H,3-5H2. The van der Waals surface area contributed by atoms with Crippen molar-refractivity contribution in [3.63, 3.8) is 0 Å². The first-order valence-electron chi connectivity index (χ1n) is 8.17. The van der Waals surface area contributed by atoms with Gasteiger partial charge in [0.05, 0.1) is 6.61 Å². The Morgan fingerprint density at radius 2 is 2.00 bits per heavy atom. The number of unbranched alkanes of at least 4 members (excludes halogenated alkanes) is 1. The molecule has 2 bridgehead atoms. The maximum atomic E-state index is 10.8. The molecule has 0 spiro atoms. The van der Waals surface area contributed by atoms with Crippen molar-refractivity contribution in [2.45, 2.75) is 58.8 Å². The van der Waals surface area contributed by atoms with Crippen molar-refractivity contribution >= 4 is 5.97 Å². The highest BCUT2D eigenvalue weighted by atomic mass is 16.5. The van der Waals surface area contributed by atoms with Gasteiger partial charge in [-0.1, -0.05) is 51.8 Å². The zero-order valence-electron chi connectivity index (χ0n) is 13.1. The van der Waals surface area contributed by atoms with E-state index >= 15 is 0 Å². The average molecular weight is 278 g/mol. The quantitative estimate of drug-likeness (QED) is 0.376. The van der Waals surface area contributed by atoms with Gasteiger partial charge < -0.3 is 4.74 Å². The second kappa shape index (κ2) is 9.79. The van der Waals surface area contributed by atoms with Crippen molar-refractivity contribution in [1.82, 2.24) is 0 Å². The molecule has 0 heterocycles. The zero-order valence-corrected chi connectivity index (χ0v) is 13.1. The summed E-state index contributed by atoms with van der Waals surface area (Å²) >= 11 is 0. The van der Waals surface area contributed by atoms with Gasteiger partial charge in [-0.25, -0.2) is 4.79 Å². The van der Waals surface area contributed by atoms with E-state index in [2.05, 4.69) is 32.6 Å². The lowest BCUT2D eigenvalue weighted by Crippen LogP contribution is -2.12. The summed E-state index contributed by atoms with van der Waals surface area (Å²) < 4.78 is 4.98. The fourth-order valence-electron chi connectivity index (χ4n) is 2.87. The first kappa shape index (κ1) is 17.0. The summed E-state index contributed by atoms with van der Waals surface area (Å²) in [6.07, 6.45) is 15.0. The summed E-state index contributed by atoms with van der Waals surface area (Å²) in [6.45, 7) is 8.19. The minimum absolute atomic E-state index is 0.310. The minimum atomic E-state index is -0.310. The van der Waals surface area contributed by atoms with Crippen LogP contribution in [0.25, 0.3) is 0 Å². The third-order valence-corrected chi connectivity index (χ3v) is 4.34. The number of allylic oxidation sites excluding steroid dienone is 2. The van der Waals surface area contributed by atoms with E-state index in [-0.39, 0.29) is 5.97 Å². The van der Waals surface area contributed by atoms with Gasteiger partial charge in [0.1, 0.15) is 0 Å². The maximum Gasteiger partial charge on any atom is 0.330 e. The van der Waals surface area contributed by atoms with Crippen LogP contribution in [0.1, 0.15) is 58.8 Å². The first-order valence-corrected chi connectivity index (χ1v) is 8.17. The second-order valence-electron chi connectivity index (χ2n) is 5.97. The van der Waals surface area contributed by atoms with Gasteiger partial charge in [0, 0.05) is 6.08 Å². The molecule has 114 valence electrons. The molecule has 0 amide bonds. The van der Waals surface area contributed by atoms with Gasteiger partial charge in [0.15, 0.2) is 0 Å². The van der Waals surface area contributed by atoms with Crippen molar-refractivity contribution in [3.05, 3.63) is 24.8 Å². The van der Waals surface area contributed by atoms with Crippen molar-refractivity contribution in [1.29, 1.82) is 0 Å². The van der Waals surface area contributed by atoms with E-state index in [1.165, 1.54) is 38.2 Å². The van der Waals surface area contributed by atoms with Crippen LogP contribution in [0.15, 0.2) is 24.8 Å². The molecular weight excluding hydrogens is 248 g/mol. The topological polar surface area (TPSA) is 26.3 Å². The largest absolute Gasteiger partial charge is 0.462 e. The van der Waals surface area contributed by atoms with E-state index in [9.17, 15) is 4.79 Å². The molecule has 2 aliphatic rings. The average Bonchev–Trinajstić information content (AvgIpc) is 3.13. The van der Waals surface area contributed by atoms with Crippen LogP contribution >= 0.6 is 0 Å². The summed E-state index contributed by atoms with van der Waals surface area (Å²) in [7, 11) is 0. The third kappa shape index (κ3) is 6.40. The van der Waals surface area contributed by atoms with Gasteiger partial charge in [0.25, 0.3) is 0 Å². The molecule has 0 saturated heterocycles. The predicted octanol–water partition coefficient (Wildman–Crippen LogP) is 4.90. The van der Waals surface area contributed by atoms with E-state index in [1.54, 1.807) is 0 Å². The highest BCUT2D eigenvalue weighted by molar-refractivity contribution is 5.81. The summed E-state index contributed by atoms with van der Waals surface area (Å²) in [5.74, 6) is 2.19. The van der Waals surface area contributed by atoms with Crippen LogP contribution in [0, 0.1) is 17.8 Å². The van der Waals surface area contributed by atoms with Gasteiger partial charge in [0.2, 0.25) is 0 Å². The van der Waals surface area contributed by atoms with Gasteiger partial charge in [-0.05, 0) is 43.4 Å². The number of hydrogen-bond donors (Lipinski definition) is 0. The van der Waals surface area contributed by atoms with Crippen LogP contribution in [-0.4, -0.2) is 12.6 Å². The lowest BCUT2D eigenvalue weighted by molar-refractivity contribution is -0.139. The number of fused-ring (bicyclic) bond motifs is 2. The molecule has 1 fully saturated rings. The SMILES string of the molecule is C1=CC2CCC1C2.C=CC(=O)OCC(CC)CCCC. The van der Waals surface area contributed by atoms with Gasteiger partial charge >= 0.3 is 5.97 Å². The zero-order chi connectivity index (χ0) is 14.8. The van der Waals surface area contributed by atoms with Crippen LogP contribution in [0.4, 0.5) is 0 Å². The molecule has 3 unspecified atom stereocenters. The number of esters is 1. The van der Waals surface area contributed by atoms with E-state index < -0.39 is 0 Å². The van der Waals surface area contributed by atoms with Gasteiger partial charge in [-0.15, -0.1) is 0 Å². The fourth-order valence-corrected chi connectivity index (χ4v) is 2.87. The summed E-state index contributed by atoms with van der Waals surface area (Å²) in [6, 6.07) is 0. The molecular formula is C18H30O2. The fraction of sp³-hybridized carbons (Fsp3) is 0.722. The number of rotatable bonds is 7. The lowest BCUT2D eigenvalue weighted by atomic mass is 10.0. The Kier molecular flexibility index (Phi) is 8.32. The normalized spacial score (nSPS) is 23.9. The molecule has 20 heavy (non-hydrogen) atoms. The summed E-state index contributed by atoms with van der Waals surface area (Å²) in [5.41, 5.74) is 0. The monoisotopic (exact) mass is 278 g/mol. The number of carbonyl (C=O) groups is 1. The molecule has 0 aromatic heterocycles. The van der Waals surface area contributed by atoms with E-state index in [1.807, 2.05) is 0 Å². The summed E-state index contributed by atoms with van der Waals surface area (Å²) in [4.78, 5) is 10.8. The predicted molar refractivity (Wildman–Crippen MR) is 84.4 cm³/mol. The molecule has 2 rings (SSSR count). The third-order valence-electron chi connectivity index (χ3n) is 4.34. The van der Waals surface area contributed by atoms with Crippen molar-refractivity contribution in [3.8, 4) is 0 Å². The first-order chi connectivity index (χ1) is 9.69. The summed E-state index contributed by atoms with van der Waals surface area (Å²) in [5, 5.41) is 0. The smallest absolute Gasteiger partial charge is 0.330 e. The van der Waals surface area contributed by atoms with Crippen molar-refractivity contribution in [2.75, 3.05) is 6.61 Å². The van der Waals surface area contributed by atoms with E-state index in [0.29, 0.717) is 12.5 Å². The molecule has 0 aromatic rings. The Bertz CT molecular complexity index is 307. The van der Waals surface area contributed by atoms with E-state index in [4.69, 9.17) is 4.74 Å². The highest BCUT2D eigenvalue weighted by Gasteiger charge is 2.25. The number of hydrogen-bond acceptors (Lipinski definition) is 2. The molecule has 0 N–H and O–H groups in total. The second-order valence-corrected chi connectivity index (χ2v) is 5.97.